The van der Waals surface area contributed by atoms with Gasteiger partial charge in [0.2, 0.25) is 0 Å². The van der Waals surface area contributed by atoms with Gasteiger partial charge in [-0.25, -0.2) is 0 Å². The predicted octanol–water partition coefficient (Wildman–Crippen LogP) is 3.78. The van der Waals surface area contributed by atoms with Crippen LogP contribution < -0.4 is 9.47 Å². The van der Waals surface area contributed by atoms with Crippen molar-refractivity contribution >= 4 is 5.97 Å². The molecule has 0 heterocycles. The van der Waals surface area contributed by atoms with Gasteiger partial charge in [0.05, 0.1) is 29.2 Å². The van der Waals surface area contributed by atoms with Gasteiger partial charge in [0.15, 0.2) is 0 Å². The predicted molar refractivity (Wildman–Crippen MR) is 82.9 cm³/mol. The number of ether oxygens (including phenoxy) is 2. The Hall–Kier alpha value is -3.31. The molecule has 2 rings (SSSR count). The van der Waals surface area contributed by atoms with E-state index in [1.807, 2.05) is 12.1 Å². The summed E-state index contributed by atoms with van der Waals surface area (Å²) < 4.78 is 10.9. The molecular formula is C18H14N2O3. The normalized spacial score (nSPS) is 9.78. The molecular weight excluding hydrogens is 292 g/mol. The lowest BCUT2D eigenvalue weighted by Crippen LogP contribution is -2.14. The summed E-state index contributed by atoms with van der Waals surface area (Å²) in [4.78, 5) is 11.6. The van der Waals surface area contributed by atoms with E-state index in [2.05, 4.69) is 0 Å². The molecule has 0 spiro atoms. The average Bonchev–Trinajstić information content (AvgIpc) is 2.54. The Bertz CT molecular complexity index is 781. The number of hydrogen-bond acceptors (Lipinski definition) is 5. The fourth-order valence-electron chi connectivity index (χ4n) is 1.76. The van der Waals surface area contributed by atoms with Gasteiger partial charge in [-0.2, -0.15) is 10.5 Å². The van der Waals surface area contributed by atoms with Gasteiger partial charge in [-0.3, -0.25) is 4.79 Å². The molecule has 2 aromatic carbocycles. The highest BCUT2D eigenvalue weighted by molar-refractivity contribution is 5.74. The lowest BCUT2D eigenvalue weighted by atomic mass is 10.1. The first kappa shape index (κ1) is 16.1. The highest BCUT2D eigenvalue weighted by Gasteiger charge is 2.10. The molecule has 2 aromatic rings. The van der Waals surface area contributed by atoms with Crippen LogP contribution in [0.1, 0.15) is 25.0 Å². The molecule has 0 bridgehead atoms. The van der Waals surface area contributed by atoms with Gasteiger partial charge in [0, 0.05) is 6.07 Å². The van der Waals surface area contributed by atoms with Gasteiger partial charge in [0.25, 0.3) is 0 Å². The van der Waals surface area contributed by atoms with Crippen LogP contribution in [0, 0.1) is 28.6 Å². The van der Waals surface area contributed by atoms with Gasteiger partial charge in [-0.05, 0) is 30.3 Å². The van der Waals surface area contributed by atoms with E-state index in [0.29, 0.717) is 28.4 Å². The molecule has 0 aliphatic rings. The highest BCUT2D eigenvalue weighted by atomic mass is 16.5. The molecule has 0 amide bonds. The molecule has 0 N–H and O–H groups in total. The zero-order valence-electron chi connectivity index (χ0n) is 12.7. The lowest BCUT2D eigenvalue weighted by Gasteiger charge is -2.10. The zero-order chi connectivity index (χ0) is 16.8. The maximum absolute atomic E-state index is 11.6. The Labute approximate surface area is 134 Å². The Morgan fingerprint density at radius 3 is 2.13 bits per heavy atom. The first-order valence-electron chi connectivity index (χ1n) is 6.96. The Kier molecular flexibility index (Phi) is 4.96. The van der Waals surface area contributed by atoms with E-state index in [9.17, 15) is 4.79 Å². The van der Waals surface area contributed by atoms with E-state index in [-0.39, 0.29) is 11.9 Å². The van der Waals surface area contributed by atoms with E-state index in [0.717, 1.165) is 0 Å². The van der Waals surface area contributed by atoms with Crippen molar-refractivity contribution in [1.29, 1.82) is 10.5 Å². The summed E-state index contributed by atoms with van der Waals surface area (Å²) in [6.45, 7) is 3.50. The standard InChI is InChI=1S/C18H14N2O3/c1-12(2)18(21)23-16-5-3-4-15(9-16)22-17-7-13(10-19)6-14(8-17)11-20/h3-9,12H,1-2H3. The molecule has 114 valence electrons. The number of carbonyl (C=O) groups is 1. The molecule has 0 saturated heterocycles. The summed E-state index contributed by atoms with van der Waals surface area (Å²) in [5.74, 6) is 0.620. The Morgan fingerprint density at radius 1 is 0.957 bits per heavy atom. The molecule has 0 aromatic heterocycles. The molecule has 0 radical (unpaired) electrons. The molecule has 5 heteroatoms. The highest BCUT2D eigenvalue weighted by Crippen LogP contribution is 2.27. The number of nitrogens with zero attached hydrogens (tertiary/aromatic N) is 2. The van der Waals surface area contributed by atoms with Crippen LogP contribution in [-0.4, -0.2) is 5.97 Å². The van der Waals surface area contributed by atoms with Crippen LogP contribution in [0.3, 0.4) is 0 Å². The topological polar surface area (TPSA) is 83.1 Å². The van der Waals surface area contributed by atoms with Crippen molar-refractivity contribution in [2.45, 2.75) is 13.8 Å². The minimum Gasteiger partial charge on any atom is -0.457 e. The number of nitriles is 2. The fourth-order valence-corrected chi connectivity index (χ4v) is 1.76. The molecule has 0 unspecified atom stereocenters. The average molecular weight is 306 g/mol. The quantitative estimate of drug-likeness (QED) is 0.634. The number of benzene rings is 2. The maximum atomic E-state index is 11.6. The second kappa shape index (κ2) is 7.11. The second-order valence-corrected chi connectivity index (χ2v) is 5.12. The molecule has 0 fully saturated rings. The van der Waals surface area contributed by atoms with Crippen molar-refractivity contribution in [2.24, 2.45) is 5.92 Å². The van der Waals surface area contributed by atoms with Gasteiger partial charge in [-0.15, -0.1) is 0 Å². The van der Waals surface area contributed by atoms with Crippen molar-refractivity contribution in [3.05, 3.63) is 53.6 Å². The zero-order valence-corrected chi connectivity index (χ0v) is 12.7. The summed E-state index contributed by atoms with van der Waals surface area (Å²) >= 11 is 0. The van der Waals surface area contributed by atoms with E-state index >= 15 is 0 Å². The molecule has 0 aliphatic carbocycles. The lowest BCUT2D eigenvalue weighted by molar-refractivity contribution is -0.137. The van der Waals surface area contributed by atoms with Crippen molar-refractivity contribution < 1.29 is 14.3 Å². The van der Waals surface area contributed by atoms with Crippen LogP contribution in [0.15, 0.2) is 42.5 Å². The molecule has 0 saturated carbocycles. The first-order chi connectivity index (χ1) is 11.0. The third-order valence-corrected chi connectivity index (χ3v) is 2.90. The first-order valence-corrected chi connectivity index (χ1v) is 6.96. The summed E-state index contributed by atoms with van der Waals surface area (Å²) in [5, 5.41) is 17.9. The van der Waals surface area contributed by atoms with E-state index in [4.69, 9.17) is 20.0 Å². The van der Waals surface area contributed by atoms with Gasteiger partial charge >= 0.3 is 5.97 Å². The van der Waals surface area contributed by atoms with E-state index in [1.165, 1.54) is 18.2 Å². The smallest absolute Gasteiger partial charge is 0.313 e. The number of carbonyl (C=O) groups excluding carboxylic acids is 1. The molecule has 5 nitrogen and oxygen atoms in total. The van der Waals surface area contributed by atoms with Crippen LogP contribution >= 0.6 is 0 Å². The van der Waals surface area contributed by atoms with Gasteiger partial charge in [-0.1, -0.05) is 19.9 Å². The Balaban J connectivity index is 2.23. The molecule has 0 atom stereocenters. The van der Waals surface area contributed by atoms with Crippen molar-refractivity contribution in [1.82, 2.24) is 0 Å². The monoisotopic (exact) mass is 306 g/mol. The summed E-state index contributed by atoms with van der Waals surface area (Å²) in [7, 11) is 0. The minimum absolute atomic E-state index is 0.231. The number of esters is 1. The maximum Gasteiger partial charge on any atom is 0.313 e. The van der Waals surface area contributed by atoms with Crippen LogP contribution in [0.25, 0.3) is 0 Å². The van der Waals surface area contributed by atoms with Crippen molar-refractivity contribution in [3.63, 3.8) is 0 Å². The van der Waals surface area contributed by atoms with E-state index < -0.39 is 0 Å². The third-order valence-electron chi connectivity index (χ3n) is 2.90. The largest absolute Gasteiger partial charge is 0.457 e. The second-order valence-electron chi connectivity index (χ2n) is 5.12. The summed E-state index contributed by atoms with van der Waals surface area (Å²) in [6.07, 6.45) is 0. The van der Waals surface area contributed by atoms with Crippen LogP contribution in [0.4, 0.5) is 0 Å². The number of rotatable bonds is 4. The van der Waals surface area contributed by atoms with Gasteiger partial charge < -0.3 is 9.47 Å². The Morgan fingerprint density at radius 2 is 1.57 bits per heavy atom. The van der Waals surface area contributed by atoms with Crippen molar-refractivity contribution in [2.75, 3.05) is 0 Å². The van der Waals surface area contributed by atoms with Crippen LogP contribution in [0.5, 0.6) is 17.2 Å². The SMILES string of the molecule is CC(C)C(=O)Oc1cccc(Oc2cc(C#N)cc(C#N)c2)c1. The van der Waals surface area contributed by atoms with Gasteiger partial charge in [0.1, 0.15) is 17.2 Å². The summed E-state index contributed by atoms with van der Waals surface area (Å²) in [6, 6.07) is 15.1. The fraction of sp³-hybridized carbons (Fsp3) is 0.167. The third kappa shape index (κ3) is 4.33. The van der Waals surface area contributed by atoms with E-state index in [1.54, 1.807) is 38.1 Å². The minimum atomic E-state index is -0.333. The molecule has 23 heavy (non-hydrogen) atoms. The number of hydrogen-bond donors (Lipinski definition) is 0. The van der Waals surface area contributed by atoms with Crippen LogP contribution in [0.2, 0.25) is 0 Å². The molecule has 0 aliphatic heterocycles. The van der Waals surface area contributed by atoms with Crippen molar-refractivity contribution in [3.8, 4) is 29.4 Å². The summed E-state index contributed by atoms with van der Waals surface area (Å²) in [5.41, 5.74) is 0.669. The van der Waals surface area contributed by atoms with Crippen LogP contribution in [-0.2, 0) is 4.79 Å².